The molecule has 1 aromatic carbocycles. The fourth-order valence-corrected chi connectivity index (χ4v) is 1.58. The summed E-state index contributed by atoms with van der Waals surface area (Å²) in [6, 6.07) is 6.25. The molecule has 1 aromatic rings. The van der Waals surface area contributed by atoms with Gasteiger partial charge in [-0.2, -0.15) is 5.26 Å². The predicted molar refractivity (Wildman–Crippen MR) is 76.6 cm³/mol. The lowest BCUT2D eigenvalue weighted by atomic mass is 10.1. The topological polar surface area (TPSA) is 88.2 Å². The fraction of sp³-hybridized carbons (Fsp3) is 0.500. The van der Waals surface area contributed by atoms with E-state index in [1.807, 2.05) is 6.07 Å². The van der Waals surface area contributed by atoms with Crippen molar-refractivity contribution >= 4 is 11.4 Å². The molecule has 0 amide bonds. The second kappa shape index (κ2) is 8.12. The molecule has 20 heavy (non-hydrogen) atoms. The number of benzene rings is 1. The average molecular weight is 277 g/mol. The molecule has 0 heterocycles. The molecule has 108 valence electrons. The van der Waals surface area contributed by atoms with E-state index in [0.717, 1.165) is 6.42 Å². The van der Waals surface area contributed by atoms with Gasteiger partial charge in [0.25, 0.3) is 5.69 Å². The molecule has 0 aromatic heterocycles. The summed E-state index contributed by atoms with van der Waals surface area (Å²) < 4.78 is 5.43. The van der Waals surface area contributed by atoms with Gasteiger partial charge in [0.05, 0.1) is 23.2 Å². The SMILES string of the molecule is CC(C)CCOCCNc1ccc(C#N)cc1[N+](=O)[O-]. The number of nitriles is 1. The average Bonchev–Trinajstić information content (AvgIpc) is 2.42. The van der Waals surface area contributed by atoms with Crippen molar-refractivity contribution in [1.29, 1.82) is 5.26 Å². The first-order chi connectivity index (χ1) is 9.54. The van der Waals surface area contributed by atoms with Gasteiger partial charge in [-0.3, -0.25) is 10.1 Å². The van der Waals surface area contributed by atoms with Gasteiger partial charge in [0.15, 0.2) is 0 Å². The summed E-state index contributed by atoms with van der Waals surface area (Å²) >= 11 is 0. The van der Waals surface area contributed by atoms with Crippen LogP contribution in [0.3, 0.4) is 0 Å². The molecule has 0 unspecified atom stereocenters. The van der Waals surface area contributed by atoms with Crippen molar-refractivity contribution in [3.8, 4) is 6.07 Å². The van der Waals surface area contributed by atoms with Gasteiger partial charge in [0.1, 0.15) is 5.69 Å². The third-order valence-corrected chi connectivity index (χ3v) is 2.72. The molecule has 0 aliphatic heterocycles. The van der Waals surface area contributed by atoms with Crippen LogP contribution in [0.2, 0.25) is 0 Å². The van der Waals surface area contributed by atoms with E-state index in [1.165, 1.54) is 6.07 Å². The zero-order valence-corrected chi connectivity index (χ0v) is 11.8. The van der Waals surface area contributed by atoms with Crippen molar-refractivity contribution in [2.75, 3.05) is 25.1 Å². The van der Waals surface area contributed by atoms with Gasteiger partial charge < -0.3 is 10.1 Å². The molecule has 1 rings (SSSR count). The Labute approximate surface area is 118 Å². The number of rotatable bonds is 8. The van der Waals surface area contributed by atoms with Gasteiger partial charge >= 0.3 is 0 Å². The summed E-state index contributed by atoms with van der Waals surface area (Å²) in [7, 11) is 0. The second-order valence-electron chi connectivity index (χ2n) is 4.82. The smallest absolute Gasteiger partial charge is 0.293 e. The van der Waals surface area contributed by atoms with Gasteiger partial charge in [-0.05, 0) is 24.5 Å². The second-order valence-corrected chi connectivity index (χ2v) is 4.82. The van der Waals surface area contributed by atoms with Crippen LogP contribution < -0.4 is 5.32 Å². The van der Waals surface area contributed by atoms with Crippen LogP contribution in [-0.2, 0) is 4.74 Å². The van der Waals surface area contributed by atoms with Crippen LogP contribution >= 0.6 is 0 Å². The van der Waals surface area contributed by atoms with Gasteiger partial charge in [-0.25, -0.2) is 0 Å². The molecule has 6 nitrogen and oxygen atoms in total. The van der Waals surface area contributed by atoms with E-state index in [0.29, 0.717) is 31.4 Å². The molecule has 0 aliphatic carbocycles. The maximum Gasteiger partial charge on any atom is 0.293 e. The Balaban J connectivity index is 2.48. The minimum atomic E-state index is -0.497. The Morgan fingerprint density at radius 2 is 2.20 bits per heavy atom. The number of hydrogen-bond acceptors (Lipinski definition) is 5. The monoisotopic (exact) mass is 277 g/mol. The predicted octanol–water partition coefficient (Wildman–Crippen LogP) is 2.94. The first-order valence-corrected chi connectivity index (χ1v) is 6.54. The van der Waals surface area contributed by atoms with Crippen molar-refractivity contribution < 1.29 is 9.66 Å². The molecule has 0 saturated carbocycles. The molecular weight excluding hydrogens is 258 g/mol. The van der Waals surface area contributed by atoms with Gasteiger partial charge in [-0.1, -0.05) is 13.8 Å². The van der Waals surface area contributed by atoms with Crippen LogP contribution in [-0.4, -0.2) is 24.7 Å². The quantitative estimate of drug-likeness (QED) is 0.448. The highest BCUT2D eigenvalue weighted by atomic mass is 16.6. The van der Waals surface area contributed by atoms with E-state index < -0.39 is 4.92 Å². The summed E-state index contributed by atoms with van der Waals surface area (Å²) in [5.74, 6) is 0.600. The van der Waals surface area contributed by atoms with E-state index in [4.69, 9.17) is 10.00 Å². The number of nitro benzene ring substituents is 1. The van der Waals surface area contributed by atoms with Gasteiger partial charge in [0, 0.05) is 19.2 Å². The first-order valence-electron chi connectivity index (χ1n) is 6.54. The lowest BCUT2D eigenvalue weighted by Gasteiger charge is -2.09. The van der Waals surface area contributed by atoms with Gasteiger partial charge in [0.2, 0.25) is 0 Å². The maximum absolute atomic E-state index is 10.9. The minimum Gasteiger partial charge on any atom is -0.380 e. The van der Waals surface area contributed by atoms with Crippen LogP contribution in [0.25, 0.3) is 0 Å². The molecule has 0 bridgehead atoms. The number of ether oxygens (including phenoxy) is 1. The van der Waals surface area contributed by atoms with E-state index >= 15 is 0 Å². The Hall–Kier alpha value is -2.13. The maximum atomic E-state index is 10.9. The molecule has 0 saturated heterocycles. The lowest BCUT2D eigenvalue weighted by Crippen LogP contribution is -2.12. The number of nitro groups is 1. The van der Waals surface area contributed by atoms with Gasteiger partial charge in [-0.15, -0.1) is 0 Å². The standard InChI is InChI=1S/C14H19N3O3/c1-11(2)5-7-20-8-6-16-13-4-3-12(10-15)9-14(13)17(18)19/h3-4,9,11,16H,5-8H2,1-2H3. The molecule has 0 aliphatic rings. The van der Waals surface area contributed by atoms with Crippen molar-refractivity contribution in [3.05, 3.63) is 33.9 Å². The summed E-state index contributed by atoms with van der Waals surface area (Å²) in [6.45, 7) is 5.92. The number of hydrogen-bond donors (Lipinski definition) is 1. The number of anilines is 1. The Kier molecular flexibility index (Phi) is 6.47. The van der Waals surface area contributed by atoms with Crippen LogP contribution in [0, 0.1) is 27.4 Å². The van der Waals surface area contributed by atoms with Crippen molar-refractivity contribution in [1.82, 2.24) is 0 Å². The zero-order valence-electron chi connectivity index (χ0n) is 11.8. The van der Waals surface area contributed by atoms with Crippen LogP contribution in [0.15, 0.2) is 18.2 Å². The Bertz CT molecular complexity index is 495. The first kappa shape index (κ1) is 15.9. The molecule has 1 N–H and O–H groups in total. The highest BCUT2D eigenvalue weighted by molar-refractivity contribution is 5.63. The van der Waals surface area contributed by atoms with Crippen LogP contribution in [0.1, 0.15) is 25.8 Å². The van der Waals surface area contributed by atoms with Crippen LogP contribution in [0.4, 0.5) is 11.4 Å². The van der Waals surface area contributed by atoms with E-state index in [1.54, 1.807) is 12.1 Å². The molecular formula is C14H19N3O3. The molecule has 0 fully saturated rings. The summed E-state index contributed by atoms with van der Waals surface area (Å²) in [6.07, 6.45) is 0.997. The van der Waals surface area contributed by atoms with Crippen molar-refractivity contribution in [2.45, 2.75) is 20.3 Å². The van der Waals surface area contributed by atoms with Crippen LogP contribution in [0.5, 0.6) is 0 Å². The zero-order chi connectivity index (χ0) is 15.0. The fourth-order valence-electron chi connectivity index (χ4n) is 1.58. The number of nitrogens with one attached hydrogen (secondary N) is 1. The Morgan fingerprint density at radius 1 is 1.45 bits per heavy atom. The molecule has 0 radical (unpaired) electrons. The highest BCUT2D eigenvalue weighted by Gasteiger charge is 2.14. The van der Waals surface area contributed by atoms with E-state index in [2.05, 4.69) is 19.2 Å². The third-order valence-electron chi connectivity index (χ3n) is 2.72. The number of nitrogens with zero attached hydrogens (tertiary/aromatic N) is 2. The largest absolute Gasteiger partial charge is 0.380 e. The van der Waals surface area contributed by atoms with Crippen molar-refractivity contribution in [3.63, 3.8) is 0 Å². The Morgan fingerprint density at radius 3 is 2.80 bits per heavy atom. The van der Waals surface area contributed by atoms with Crippen molar-refractivity contribution in [2.24, 2.45) is 5.92 Å². The lowest BCUT2D eigenvalue weighted by molar-refractivity contribution is -0.384. The summed E-state index contributed by atoms with van der Waals surface area (Å²) in [5.41, 5.74) is 0.586. The molecule has 6 heteroatoms. The molecule has 0 spiro atoms. The normalized spacial score (nSPS) is 10.3. The minimum absolute atomic E-state index is 0.0915. The summed E-state index contributed by atoms with van der Waals surface area (Å²) in [4.78, 5) is 10.4. The van der Waals surface area contributed by atoms with E-state index in [-0.39, 0.29) is 11.3 Å². The third kappa shape index (κ3) is 5.24. The van der Waals surface area contributed by atoms with E-state index in [9.17, 15) is 10.1 Å². The summed E-state index contributed by atoms with van der Waals surface area (Å²) in [5, 5.41) is 22.6. The highest BCUT2D eigenvalue weighted by Crippen LogP contribution is 2.24. The molecule has 0 atom stereocenters.